The van der Waals surface area contributed by atoms with Crippen molar-refractivity contribution in [3.8, 4) is 0 Å². The minimum absolute atomic E-state index is 0.0983. The Morgan fingerprint density at radius 3 is 2.72 bits per heavy atom. The maximum absolute atomic E-state index is 6.22. The van der Waals surface area contributed by atoms with Crippen molar-refractivity contribution in [1.29, 1.82) is 0 Å². The number of nitrogens with two attached hydrogens (primary N) is 1. The lowest BCUT2D eigenvalue weighted by atomic mass is 10.1. The Bertz CT molecular complexity index is 461. The second kappa shape index (κ2) is 6.52. The molecule has 94 valence electrons. The van der Waals surface area contributed by atoms with E-state index in [0.717, 1.165) is 17.0 Å². The third kappa shape index (κ3) is 3.31. The van der Waals surface area contributed by atoms with Gasteiger partial charge in [0.2, 0.25) is 0 Å². The van der Waals surface area contributed by atoms with Crippen LogP contribution in [0.15, 0.2) is 53.9 Å². The Kier molecular flexibility index (Phi) is 4.73. The molecule has 0 aliphatic rings. The molecule has 2 rings (SSSR count). The summed E-state index contributed by atoms with van der Waals surface area (Å²) < 4.78 is 0. The standard InChI is InChI=1S/C14H17N3S/c1-2-12(15)14(11-6-5-8-16-10-11)18-13-7-3-4-9-17-13/h3-10,12,14H,2,15H2,1H3. The van der Waals surface area contributed by atoms with Gasteiger partial charge in [-0.25, -0.2) is 4.98 Å². The molecule has 0 radical (unpaired) electrons. The van der Waals surface area contributed by atoms with Gasteiger partial charge in [0.1, 0.15) is 0 Å². The van der Waals surface area contributed by atoms with E-state index in [9.17, 15) is 0 Å². The summed E-state index contributed by atoms with van der Waals surface area (Å²) in [6, 6.07) is 10.0. The zero-order valence-electron chi connectivity index (χ0n) is 10.4. The summed E-state index contributed by atoms with van der Waals surface area (Å²) in [5, 5.41) is 1.19. The van der Waals surface area contributed by atoms with Crippen LogP contribution in [0.4, 0.5) is 0 Å². The molecule has 4 heteroatoms. The van der Waals surface area contributed by atoms with Gasteiger partial charge in [-0.2, -0.15) is 0 Å². The van der Waals surface area contributed by atoms with Crippen LogP contribution >= 0.6 is 11.8 Å². The molecular formula is C14H17N3S. The van der Waals surface area contributed by atoms with Crippen molar-refractivity contribution in [3.05, 3.63) is 54.5 Å². The van der Waals surface area contributed by atoms with Crippen LogP contribution in [0.25, 0.3) is 0 Å². The molecule has 2 heterocycles. The van der Waals surface area contributed by atoms with Crippen molar-refractivity contribution < 1.29 is 0 Å². The minimum Gasteiger partial charge on any atom is -0.326 e. The molecule has 0 amide bonds. The van der Waals surface area contributed by atoms with E-state index >= 15 is 0 Å². The first-order chi connectivity index (χ1) is 8.81. The predicted octanol–water partition coefficient (Wildman–Crippen LogP) is 3.05. The molecule has 2 unspecified atom stereocenters. The average molecular weight is 259 g/mol. The van der Waals surface area contributed by atoms with Gasteiger partial charge in [0, 0.05) is 24.6 Å². The average Bonchev–Trinajstić information content (AvgIpc) is 2.46. The van der Waals surface area contributed by atoms with Gasteiger partial charge in [-0.1, -0.05) is 30.8 Å². The van der Waals surface area contributed by atoms with Gasteiger partial charge in [-0.05, 0) is 30.2 Å². The molecule has 0 fully saturated rings. The summed E-state index contributed by atoms with van der Waals surface area (Å²) >= 11 is 1.70. The molecule has 18 heavy (non-hydrogen) atoms. The Morgan fingerprint density at radius 2 is 2.11 bits per heavy atom. The van der Waals surface area contributed by atoms with E-state index in [0.29, 0.717) is 0 Å². The molecule has 0 bridgehead atoms. The lowest BCUT2D eigenvalue weighted by molar-refractivity contribution is 0.632. The monoisotopic (exact) mass is 259 g/mol. The van der Waals surface area contributed by atoms with Crippen LogP contribution in [0.5, 0.6) is 0 Å². The molecular weight excluding hydrogens is 242 g/mol. The summed E-state index contributed by atoms with van der Waals surface area (Å²) in [5.41, 5.74) is 7.38. The fraction of sp³-hybridized carbons (Fsp3) is 0.286. The number of pyridine rings is 2. The molecule has 0 spiro atoms. The summed E-state index contributed by atoms with van der Waals surface area (Å²) in [6.07, 6.45) is 6.40. The van der Waals surface area contributed by atoms with E-state index in [4.69, 9.17) is 5.73 Å². The molecule has 2 aromatic rings. The van der Waals surface area contributed by atoms with Crippen molar-refractivity contribution in [3.63, 3.8) is 0 Å². The van der Waals surface area contributed by atoms with Gasteiger partial charge in [0.25, 0.3) is 0 Å². The van der Waals surface area contributed by atoms with Gasteiger partial charge in [-0.15, -0.1) is 0 Å². The summed E-state index contributed by atoms with van der Waals surface area (Å²) in [5.74, 6) is 0. The Labute approximate surface area is 112 Å². The molecule has 2 N–H and O–H groups in total. The van der Waals surface area contributed by atoms with E-state index in [-0.39, 0.29) is 11.3 Å². The molecule has 0 aliphatic carbocycles. The third-order valence-corrected chi connectivity index (χ3v) is 4.12. The van der Waals surface area contributed by atoms with Crippen LogP contribution in [0, 0.1) is 0 Å². The highest BCUT2D eigenvalue weighted by atomic mass is 32.2. The highest BCUT2D eigenvalue weighted by molar-refractivity contribution is 7.99. The molecule has 0 saturated carbocycles. The topological polar surface area (TPSA) is 51.8 Å². The number of nitrogens with zero attached hydrogens (tertiary/aromatic N) is 2. The van der Waals surface area contributed by atoms with E-state index in [1.54, 1.807) is 24.2 Å². The molecule has 0 aliphatic heterocycles. The van der Waals surface area contributed by atoms with Crippen LogP contribution in [-0.4, -0.2) is 16.0 Å². The SMILES string of the molecule is CCC(N)C(Sc1ccccn1)c1cccnc1. The highest BCUT2D eigenvalue weighted by Crippen LogP contribution is 2.36. The summed E-state index contributed by atoms with van der Waals surface area (Å²) in [4.78, 5) is 8.52. The minimum atomic E-state index is 0.0983. The van der Waals surface area contributed by atoms with E-state index in [1.165, 1.54) is 0 Å². The number of hydrogen-bond acceptors (Lipinski definition) is 4. The summed E-state index contributed by atoms with van der Waals surface area (Å²) in [6.45, 7) is 2.10. The Morgan fingerprint density at radius 1 is 1.22 bits per heavy atom. The molecule has 2 aromatic heterocycles. The molecule has 0 aromatic carbocycles. The van der Waals surface area contributed by atoms with Crippen molar-refractivity contribution in [2.45, 2.75) is 29.7 Å². The second-order valence-corrected chi connectivity index (χ2v) is 5.23. The number of thioether (sulfide) groups is 1. The van der Waals surface area contributed by atoms with Gasteiger partial charge in [-0.3, -0.25) is 4.98 Å². The normalized spacial score (nSPS) is 14.1. The van der Waals surface area contributed by atoms with Gasteiger partial charge >= 0.3 is 0 Å². The van der Waals surface area contributed by atoms with Crippen LogP contribution < -0.4 is 5.73 Å². The number of rotatable bonds is 5. The predicted molar refractivity (Wildman–Crippen MR) is 75.3 cm³/mol. The van der Waals surface area contributed by atoms with Crippen LogP contribution in [-0.2, 0) is 0 Å². The van der Waals surface area contributed by atoms with Crippen LogP contribution in [0.2, 0.25) is 0 Å². The lowest BCUT2D eigenvalue weighted by Gasteiger charge is -2.22. The zero-order chi connectivity index (χ0) is 12.8. The number of aromatic nitrogens is 2. The molecule has 2 atom stereocenters. The van der Waals surface area contributed by atoms with Crippen LogP contribution in [0.3, 0.4) is 0 Å². The first kappa shape index (κ1) is 13.1. The van der Waals surface area contributed by atoms with Crippen molar-refractivity contribution in [1.82, 2.24) is 9.97 Å². The first-order valence-corrected chi connectivity index (χ1v) is 6.92. The molecule has 0 saturated heterocycles. The fourth-order valence-corrected chi connectivity index (χ4v) is 2.89. The van der Waals surface area contributed by atoms with Gasteiger partial charge in [0.15, 0.2) is 0 Å². The Balaban J connectivity index is 2.21. The van der Waals surface area contributed by atoms with Gasteiger partial charge in [0.05, 0.1) is 10.3 Å². The zero-order valence-corrected chi connectivity index (χ0v) is 11.2. The quantitative estimate of drug-likeness (QED) is 0.838. The summed E-state index contributed by atoms with van der Waals surface area (Å²) in [7, 11) is 0. The Hall–Kier alpha value is -1.39. The largest absolute Gasteiger partial charge is 0.326 e. The molecule has 3 nitrogen and oxygen atoms in total. The second-order valence-electron chi connectivity index (χ2n) is 4.06. The highest BCUT2D eigenvalue weighted by Gasteiger charge is 2.20. The third-order valence-electron chi connectivity index (χ3n) is 2.76. The maximum Gasteiger partial charge on any atom is 0.0966 e. The van der Waals surface area contributed by atoms with E-state index in [1.807, 2.05) is 30.5 Å². The first-order valence-electron chi connectivity index (χ1n) is 6.04. The van der Waals surface area contributed by atoms with Crippen molar-refractivity contribution in [2.24, 2.45) is 5.73 Å². The van der Waals surface area contributed by atoms with Crippen molar-refractivity contribution >= 4 is 11.8 Å². The van der Waals surface area contributed by atoms with Crippen molar-refractivity contribution in [2.75, 3.05) is 0 Å². The maximum atomic E-state index is 6.22. The smallest absolute Gasteiger partial charge is 0.0966 e. The van der Waals surface area contributed by atoms with E-state index < -0.39 is 0 Å². The van der Waals surface area contributed by atoms with Gasteiger partial charge < -0.3 is 5.73 Å². The number of hydrogen-bond donors (Lipinski definition) is 1. The van der Waals surface area contributed by atoms with Crippen LogP contribution in [0.1, 0.15) is 24.2 Å². The van der Waals surface area contributed by atoms with E-state index in [2.05, 4.69) is 23.0 Å². The fourth-order valence-electron chi connectivity index (χ4n) is 1.71. The lowest BCUT2D eigenvalue weighted by Crippen LogP contribution is -2.25.